The number of rotatable bonds is 11. The van der Waals surface area contributed by atoms with E-state index in [1.54, 1.807) is 4.68 Å². The van der Waals surface area contributed by atoms with Gasteiger partial charge in [0.15, 0.2) is 14.5 Å². The summed E-state index contributed by atoms with van der Waals surface area (Å²) >= 11 is 0. The molecule has 1 aromatic heterocycles. The zero-order valence-electron chi connectivity index (χ0n) is 22.0. The molecular formula is C26H38N4O6Si. The summed E-state index contributed by atoms with van der Waals surface area (Å²) in [6.45, 7) is 8.16. The van der Waals surface area contributed by atoms with Gasteiger partial charge in [0.25, 0.3) is 0 Å². The van der Waals surface area contributed by atoms with Crippen molar-refractivity contribution >= 4 is 25.9 Å². The van der Waals surface area contributed by atoms with E-state index < -0.39 is 20.5 Å². The third-order valence-corrected chi connectivity index (χ3v) is 9.96. The molecule has 4 rings (SSSR count). The van der Waals surface area contributed by atoms with Gasteiger partial charge in [0.2, 0.25) is 5.91 Å². The molecule has 0 saturated carbocycles. The SMILES string of the molecule is CC(=O)OC1CC(=O)N1c1cccc(CC[C@H]2O[C@@H](CCn3cc(CCO)nn3)[C@H]([Si](C)(C)O)[C@H]2C)c1. The number of ether oxygens (including phenoxy) is 2. The van der Waals surface area contributed by atoms with E-state index in [0.717, 1.165) is 36.2 Å². The lowest BCUT2D eigenvalue weighted by Crippen LogP contribution is -2.54. The van der Waals surface area contributed by atoms with Crippen molar-refractivity contribution < 1.29 is 29.0 Å². The average Bonchev–Trinajstić information content (AvgIpc) is 3.39. The highest BCUT2D eigenvalue weighted by atomic mass is 28.4. The van der Waals surface area contributed by atoms with Crippen molar-refractivity contribution in [3.05, 3.63) is 41.7 Å². The lowest BCUT2D eigenvalue weighted by molar-refractivity contribution is -0.153. The summed E-state index contributed by atoms with van der Waals surface area (Å²) in [4.78, 5) is 36.2. The van der Waals surface area contributed by atoms with Gasteiger partial charge in [0.1, 0.15) is 0 Å². The monoisotopic (exact) mass is 530 g/mol. The van der Waals surface area contributed by atoms with Crippen LogP contribution in [-0.4, -0.2) is 70.1 Å². The fourth-order valence-electron chi connectivity index (χ4n) is 5.77. The minimum absolute atomic E-state index is 0.0118. The highest BCUT2D eigenvalue weighted by molar-refractivity contribution is 6.71. The number of aromatic nitrogens is 3. The summed E-state index contributed by atoms with van der Waals surface area (Å²) < 4.78 is 13.6. The Labute approximate surface area is 218 Å². The summed E-state index contributed by atoms with van der Waals surface area (Å²) in [7, 11) is -2.49. The molecule has 2 aromatic rings. The molecule has 3 heterocycles. The molecule has 2 aliphatic rings. The molecule has 5 atom stereocenters. The minimum Gasteiger partial charge on any atom is -0.441 e. The van der Waals surface area contributed by atoms with E-state index in [1.807, 2.05) is 43.6 Å². The number of carbonyl (C=O) groups excluding carboxylic acids is 2. The van der Waals surface area contributed by atoms with Gasteiger partial charge < -0.3 is 19.4 Å². The predicted octanol–water partition coefficient (Wildman–Crippen LogP) is 2.43. The topological polar surface area (TPSA) is 127 Å². The first-order chi connectivity index (χ1) is 17.6. The zero-order valence-corrected chi connectivity index (χ0v) is 23.0. The third kappa shape index (κ3) is 6.46. The lowest BCUT2D eigenvalue weighted by atomic mass is 9.95. The molecular weight excluding hydrogens is 492 g/mol. The molecule has 2 saturated heterocycles. The van der Waals surface area contributed by atoms with Crippen LogP contribution >= 0.6 is 0 Å². The summed E-state index contributed by atoms with van der Waals surface area (Å²) in [6.07, 6.45) is 4.25. The molecule has 0 aliphatic carbocycles. The van der Waals surface area contributed by atoms with Crippen LogP contribution in [0.4, 0.5) is 5.69 Å². The number of benzene rings is 1. The Morgan fingerprint density at radius 1 is 1.24 bits per heavy atom. The van der Waals surface area contributed by atoms with E-state index in [4.69, 9.17) is 14.6 Å². The van der Waals surface area contributed by atoms with Gasteiger partial charge in [0, 0.05) is 43.9 Å². The van der Waals surface area contributed by atoms with E-state index in [9.17, 15) is 14.4 Å². The van der Waals surface area contributed by atoms with Gasteiger partial charge in [-0.15, -0.1) is 5.10 Å². The lowest BCUT2D eigenvalue weighted by Gasteiger charge is -2.39. The van der Waals surface area contributed by atoms with Crippen LogP contribution in [-0.2, 0) is 38.4 Å². The predicted molar refractivity (Wildman–Crippen MR) is 139 cm³/mol. The Kier molecular flexibility index (Phi) is 8.47. The highest BCUT2D eigenvalue weighted by Gasteiger charge is 2.49. The number of amides is 1. The van der Waals surface area contributed by atoms with E-state index in [-0.39, 0.29) is 42.6 Å². The number of hydrogen-bond donors (Lipinski definition) is 2. The highest BCUT2D eigenvalue weighted by Crippen LogP contribution is 2.45. The third-order valence-electron chi connectivity index (χ3n) is 7.43. The van der Waals surface area contributed by atoms with Crippen molar-refractivity contribution in [3.8, 4) is 0 Å². The molecule has 0 bridgehead atoms. The Morgan fingerprint density at radius 3 is 2.70 bits per heavy atom. The van der Waals surface area contributed by atoms with Crippen LogP contribution in [0.15, 0.2) is 30.5 Å². The Morgan fingerprint density at radius 2 is 2.03 bits per heavy atom. The zero-order chi connectivity index (χ0) is 26.7. The van der Waals surface area contributed by atoms with E-state index in [1.165, 1.54) is 11.8 Å². The van der Waals surface area contributed by atoms with Gasteiger partial charge in [-0.1, -0.05) is 24.3 Å². The van der Waals surface area contributed by atoms with Crippen LogP contribution in [0.1, 0.15) is 44.4 Å². The van der Waals surface area contributed by atoms with Gasteiger partial charge >= 0.3 is 5.97 Å². The molecule has 11 heteroatoms. The number of nitrogens with zero attached hydrogens (tertiary/aromatic N) is 4. The van der Waals surface area contributed by atoms with Crippen LogP contribution in [0, 0.1) is 5.92 Å². The molecule has 10 nitrogen and oxygen atoms in total. The van der Waals surface area contributed by atoms with Gasteiger partial charge in [-0.05, 0) is 56.0 Å². The standard InChI is InChI=1S/C26H38N4O6Si/c1-17-22(9-8-19-6-5-7-21(14-19)30-24(33)15-25(30)35-18(2)32)36-23(26(17)37(3,4)34)10-12-29-16-20(11-13-31)27-28-29/h5-7,14,16-17,22-23,25-26,31,34H,8-13,15H2,1-4H3/t17-,22+,23-,25?,26+/m0/s1. The van der Waals surface area contributed by atoms with Crippen LogP contribution in [0.2, 0.25) is 18.6 Å². The Balaban J connectivity index is 1.39. The first-order valence-electron chi connectivity index (χ1n) is 13.0. The van der Waals surface area contributed by atoms with E-state index in [0.29, 0.717) is 13.0 Å². The number of β-lactam (4-membered cyclic amide) rings is 1. The number of esters is 1. The first-order valence-corrected chi connectivity index (χ1v) is 16.0. The van der Waals surface area contributed by atoms with Crippen LogP contribution in [0.5, 0.6) is 0 Å². The number of aryl methyl sites for hydroxylation is 2. The van der Waals surface area contributed by atoms with Gasteiger partial charge in [0.05, 0.1) is 24.3 Å². The molecule has 1 aromatic carbocycles. The van der Waals surface area contributed by atoms with Crippen molar-refractivity contribution in [3.63, 3.8) is 0 Å². The number of carbonyl (C=O) groups is 2. The number of aliphatic hydroxyl groups is 1. The quantitative estimate of drug-likeness (QED) is 0.258. The normalized spacial score (nSPS) is 25.8. The fourth-order valence-corrected chi connectivity index (χ4v) is 8.43. The maximum absolute atomic E-state index is 12.2. The number of anilines is 1. The second-order valence-corrected chi connectivity index (χ2v) is 14.7. The molecule has 202 valence electrons. The molecule has 2 fully saturated rings. The maximum atomic E-state index is 12.2. The fraction of sp³-hybridized carbons (Fsp3) is 0.615. The first kappa shape index (κ1) is 27.4. The van der Waals surface area contributed by atoms with Crippen molar-refractivity contribution in [1.29, 1.82) is 0 Å². The molecule has 1 unspecified atom stereocenters. The van der Waals surface area contributed by atoms with Gasteiger partial charge in [-0.25, -0.2) is 0 Å². The summed E-state index contributed by atoms with van der Waals surface area (Å²) in [6, 6.07) is 7.77. The van der Waals surface area contributed by atoms with Crippen LogP contribution in [0.25, 0.3) is 0 Å². The maximum Gasteiger partial charge on any atom is 0.304 e. The van der Waals surface area contributed by atoms with Crippen LogP contribution < -0.4 is 4.90 Å². The molecule has 0 radical (unpaired) electrons. The van der Waals surface area contributed by atoms with Crippen molar-refractivity contribution in [2.45, 2.75) is 89.6 Å². The number of hydrogen-bond acceptors (Lipinski definition) is 8. The molecule has 1 amide bonds. The Hall–Kier alpha value is -2.60. The molecule has 2 aliphatic heterocycles. The number of aliphatic hydroxyl groups excluding tert-OH is 1. The second-order valence-electron chi connectivity index (χ2n) is 10.7. The molecule has 0 spiro atoms. The van der Waals surface area contributed by atoms with Gasteiger partial charge in [-0.3, -0.25) is 19.2 Å². The minimum atomic E-state index is -2.49. The second kappa shape index (κ2) is 11.4. The van der Waals surface area contributed by atoms with E-state index in [2.05, 4.69) is 17.2 Å². The van der Waals surface area contributed by atoms with Crippen molar-refractivity contribution in [2.75, 3.05) is 11.5 Å². The van der Waals surface area contributed by atoms with Crippen molar-refractivity contribution in [2.24, 2.45) is 5.92 Å². The molecule has 37 heavy (non-hydrogen) atoms. The molecule has 2 N–H and O–H groups in total. The summed E-state index contributed by atoms with van der Waals surface area (Å²) in [5.41, 5.74) is 2.67. The van der Waals surface area contributed by atoms with Crippen molar-refractivity contribution in [1.82, 2.24) is 15.0 Å². The Bertz CT molecular complexity index is 1100. The largest absolute Gasteiger partial charge is 0.441 e. The van der Waals surface area contributed by atoms with Gasteiger partial charge in [-0.2, -0.15) is 0 Å². The smallest absolute Gasteiger partial charge is 0.304 e. The van der Waals surface area contributed by atoms with Crippen LogP contribution in [0.3, 0.4) is 0 Å². The summed E-state index contributed by atoms with van der Waals surface area (Å²) in [5, 5.41) is 17.3. The summed E-state index contributed by atoms with van der Waals surface area (Å²) in [5.74, 6) is -0.251. The van der Waals surface area contributed by atoms with E-state index >= 15 is 0 Å². The average molecular weight is 531 g/mol.